The van der Waals surface area contributed by atoms with Crippen LogP contribution in [0.25, 0.3) is 11.1 Å². The number of benzene rings is 2. The molecule has 3 aromatic rings. The van der Waals surface area contributed by atoms with Crippen LogP contribution in [0.3, 0.4) is 0 Å². The number of amides is 1. The lowest BCUT2D eigenvalue weighted by Crippen LogP contribution is -2.32. The summed E-state index contributed by atoms with van der Waals surface area (Å²) < 4.78 is 10.6. The fourth-order valence-electron chi connectivity index (χ4n) is 4.25. The molecule has 1 amide bonds. The standard InChI is InChI=1S/C26H28N2O3/c1-18-14-21(20-9-11-22(30-2)12-10-20)17-24(27-18)25-8-5-13-28(25)26(29)16-19-6-4-7-23(15-19)31-3/h4,6-7,9-12,14-15,17,25H,5,8,13,16H2,1-3H3/t25-/m1/s1. The molecule has 1 atom stereocenters. The van der Waals surface area contributed by atoms with Gasteiger partial charge in [0.25, 0.3) is 0 Å². The highest BCUT2D eigenvalue weighted by Gasteiger charge is 2.31. The zero-order chi connectivity index (χ0) is 21.8. The summed E-state index contributed by atoms with van der Waals surface area (Å²) in [6.07, 6.45) is 2.29. The molecule has 1 aliphatic heterocycles. The van der Waals surface area contributed by atoms with Gasteiger partial charge in [0.15, 0.2) is 0 Å². The second kappa shape index (κ2) is 9.21. The maximum absolute atomic E-state index is 13.2. The minimum Gasteiger partial charge on any atom is -0.497 e. The molecule has 5 nitrogen and oxygen atoms in total. The highest BCUT2D eigenvalue weighted by Crippen LogP contribution is 2.34. The summed E-state index contributed by atoms with van der Waals surface area (Å²) in [5.41, 5.74) is 5.10. The fraction of sp³-hybridized carbons (Fsp3) is 0.308. The second-order valence-corrected chi connectivity index (χ2v) is 7.92. The van der Waals surface area contributed by atoms with E-state index >= 15 is 0 Å². The Bertz CT molecular complexity index is 1060. The molecule has 31 heavy (non-hydrogen) atoms. The Kier molecular flexibility index (Phi) is 6.21. The van der Waals surface area contributed by atoms with Crippen LogP contribution in [0.2, 0.25) is 0 Å². The summed E-state index contributed by atoms with van der Waals surface area (Å²) in [5, 5.41) is 0. The minimum atomic E-state index is 0.00926. The van der Waals surface area contributed by atoms with Gasteiger partial charge in [-0.1, -0.05) is 24.3 Å². The molecule has 0 bridgehead atoms. The number of carbonyl (C=O) groups excluding carboxylic acids is 1. The molecular weight excluding hydrogens is 388 g/mol. The Morgan fingerprint density at radius 3 is 2.52 bits per heavy atom. The average Bonchev–Trinajstić information content (AvgIpc) is 3.29. The van der Waals surface area contributed by atoms with E-state index in [2.05, 4.69) is 24.3 Å². The number of likely N-dealkylation sites (tertiary alicyclic amines) is 1. The van der Waals surface area contributed by atoms with Crippen molar-refractivity contribution in [3.05, 3.63) is 77.6 Å². The van der Waals surface area contributed by atoms with Crippen LogP contribution < -0.4 is 9.47 Å². The number of methoxy groups -OCH3 is 2. The molecule has 0 radical (unpaired) electrons. The van der Waals surface area contributed by atoms with E-state index in [1.54, 1.807) is 14.2 Å². The van der Waals surface area contributed by atoms with Gasteiger partial charge in [-0.15, -0.1) is 0 Å². The van der Waals surface area contributed by atoms with Crippen LogP contribution in [0.5, 0.6) is 11.5 Å². The summed E-state index contributed by atoms with van der Waals surface area (Å²) in [6.45, 7) is 2.77. The molecule has 1 aromatic heterocycles. The third-order valence-corrected chi connectivity index (χ3v) is 5.80. The Labute approximate surface area is 183 Å². The average molecular weight is 417 g/mol. The van der Waals surface area contributed by atoms with E-state index in [9.17, 15) is 4.79 Å². The van der Waals surface area contributed by atoms with Crippen molar-refractivity contribution in [3.8, 4) is 22.6 Å². The number of aromatic nitrogens is 1. The van der Waals surface area contributed by atoms with Crippen LogP contribution in [0.4, 0.5) is 0 Å². The van der Waals surface area contributed by atoms with Crippen molar-refractivity contribution >= 4 is 5.91 Å². The molecule has 160 valence electrons. The first-order chi connectivity index (χ1) is 15.1. The van der Waals surface area contributed by atoms with Crippen molar-refractivity contribution in [2.24, 2.45) is 0 Å². The normalized spacial score (nSPS) is 15.7. The van der Waals surface area contributed by atoms with Crippen molar-refractivity contribution < 1.29 is 14.3 Å². The van der Waals surface area contributed by atoms with Gasteiger partial charge in [-0.05, 0) is 72.9 Å². The predicted molar refractivity (Wildman–Crippen MR) is 121 cm³/mol. The van der Waals surface area contributed by atoms with E-state index in [-0.39, 0.29) is 11.9 Å². The quantitative estimate of drug-likeness (QED) is 0.569. The van der Waals surface area contributed by atoms with Crippen molar-refractivity contribution in [1.29, 1.82) is 0 Å². The molecule has 0 spiro atoms. The van der Waals surface area contributed by atoms with Gasteiger partial charge in [-0.25, -0.2) is 0 Å². The first-order valence-corrected chi connectivity index (χ1v) is 10.6. The molecule has 5 heteroatoms. The first-order valence-electron chi connectivity index (χ1n) is 10.6. The Hall–Kier alpha value is -3.34. The third-order valence-electron chi connectivity index (χ3n) is 5.80. The Morgan fingerprint density at radius 2 is 1.77 bits per heavy atom. The molecule has 0 aliphatic carbocycles. The molecular formula is C26H28N2O3. The van der Waals surface area contributed by atoms with Crippen molar-refractivity contribution in [2.45, 2.75) is 32.2 Å². The first kappa shape index (κ1) is 20.9. The summed E-state index contributed by atoms with van der Waals surface area (Å²) in [5.74, 6) is 1.73. The van der Waals surface area contributed by atoms with Gasteiger partial charge in [-0.2, -0.15) is 0 Å². The van der Waals surface area contributed by atoms with Crippen LogP contribution in [-0.4, -0.2) is 36.6 Å². The lowest BCUT2D eigenvalue weighted by Gasteiger charge is -2.25. The van der Waals surface area contributed by atoms with Crippen molar-refractivity contribution in [2.75, 3.05) is 20.8 Å². The van der Waals surface area contributed by atoms with Crippen molar-refractivity contribution in [3.63, 3.8) is 0 Å². The number of hydrogen-bond donors (Lipinski definition) is 0. The Morgan fingerprint density at radius 1 is 1.00 bits per heavy atom. The van der Waals surface area contributed by atoms with Gasteiger partial charge in [0.2, 0.25) is 5.91 Å². The molecule has 4 rings (SSSR count). The van der Waals surface area contributed by atoms with Crippen LogP contribution in [0.1, 0.15) is 35.8 Å². The number of nitrogens with zero attached hydrogens (tertiary/aromatic N) is 2. The maximum atomic E-state index is 13.2. The molecule has 1 saturated heterocycles. The van der Waals surface area contributed by atoms with Crippen LogP contribution in [0.15, 0.2) is 60.7 Å². The molecule has 2 heterocycles. The van der Waals surface area contributed by atoms with Gasteiger partial charge in [0, 0.05) is 12.2 Å². The molecule has 2 aromatic carbocycles. The zero-order valence-electron chi connectivity index (χ0n) is 18.3. The number of pyridine rings is 1. The summed E-state index contributed by atoms with van der Waals surface area (Å²) in [4.78, 5) is 19.9. The van der Waals surface area contributed by atoms with Crippen LogP contribution >= 0.6 is 0 Å². The zero-order valence-corrected chi connectivity index (χ0v) is 18.3. The predicted octanol–water partition coefficient (Wildman–Crippen LogP) is 4.98. The van der Waals surface area contributed by atoms with Crippen LogP contribution in [0, 0.1) is 6.92 Å². The van der Waals surface area contributed by atoms with Crippen LogP contribution in [-0.2, 0) is 11.2 Å². The van der Waals surface area contributed by atoms with Gasteiger partial charge < -0.3 is 14.4 Å². The molecule has 0 N–H and O–H groups in total. The van der Waals surface area contributed by atoms with E-state index < -0.39 is 0 Å². The number of ether oxygens (including phenoxy) is 2. The summed E-state index contributed by atoms with van der Waals surface area (Å²) in [6, 6.07) is 20.0. The lowest BCUT2D eigenvalue weighted by atomic mass is 10.0. The van der Waals surface area contributed by atoms with E-state index in [4.69, 9.17) is 14.5 Å². The SMILES string of the molecule is COc1ccc(-c2cc(C)nc([C@H]3CCCN3C(=O)Cc3cccc(OC)c3)c2)cc1. The number of carbonyl (C=O) groups is 1. The van der Waals surface area contributed by atoms with Crippen molar-refractivity contribution in [1.82, 2.24) is 9.88 Å². The Balaban J connectivity index is 1.57. The highest BCUT2D eigenvalue weighted by molar-refractivity contribution is 5.79. The second-order valence-electron chi connectivity index (χ2n) is 7.92. The molecule has 0 saturated carbocycles. The fourth-order valence-corrected chi connectivity index (χ4v) is 4.25. The van der Waals surface area contributed by atoms with E-state index in [1.165, 1.54) is 0 Å². The van der Waals surface area contributed by atoms with Gasteiger partial charge in [0.05, 0.1) is 32.4 Å². The van der Waals surface area contributed by atoms with Gasteiger partial charge >= 0.3 is 0 Å². The largest absolute Gasteiger partial charge is 0.497 e. The summed E-state index contributed by atoms with van der Waals surface area (Å²) >= 11 is 0. The number of rotatable bonds is 6. The summed E-state index contributed by atoms with van der Waals surface area (Å²) in [7, 11) is 3.31. The van der Waals surface area contributed by atoms with Gasteiger partial charge in [0.1, 0.15) is 11.5 Å². The topological polar surface area (TPSA) is 51.7 Å². The molecule has 1 aliphatic rings. The number of aryl methyl sites for hydroxylation is 1. The van der Waals surface area contributed by atoms with Gasteiger partial charge in [-0.3, -0.25) is 9.78 Å². The third kappa shape index (κ3) is 4.71. The lowest BCUT2D eigenvalue weighted by molar-refractivity contribution is -0.131. The minimum absolute atomic E-state index is 0.00926. The molecule has 0 unspecified atom stereocenters. The maximum Gasteiger partial charge on any atom is 0.227 e. The molecule has 1 fully saturated rings. The number of hydrogen-bond acceptors (Lipinski definition) is 4. The highest BCUT2D eigenvalue weighted by atomic mass is 16.5. The monoisotopic (exact) mass is 416 g/mol. The van der Waals surface area contributed by atoms with E-state index in [0.29, 0.717) is 6.42 Å². The van der Waals surface area contributed by atoms with E-state index in [0.717, 1.165) is 59.0 Å². The van der Waals surface area contributed by atoms with E-state index in [1.807, 2.05) is 48.2 Å². The smallest absolute Gasteiger partial charge is 0.227 e.